The molecular weight excluding hydrogens is 296 g/mol. The minimum Gasteiger partial charge on any atom is -0.487 e. The van der Waals surface area contributed by atoms with Crippen molar-refractivity contribution in [3.8, 4) is 17.0 Å². The lowest BCUT2D eigenvalue weighted by molar-refractivity contribution is -0.0285. The average Bonchev–Trinajstić information content (AvgIpc) is 2.70. The summed E-state index contributed by atoms with van der Waals surface area (Å²) in [5.74, 6) is 0.889. The summed E-state index contributed by atoms with van der Waals surface area (Å²) in [4.78, 5) is 0. The summed E-state index contributed by atoms with van der Waals surface area (Å²) < 4.78 is 14.0. The van der Waals surface area contributed by atoms with Gasteiger partial charge in [-0.2, -0.15) is 5.10 Å². The smallest absolute Gasteiger partial charge is 0.143 e. The highest BCUT2D eigenvalue weighted by Crippen LogP contribution is 2.41. The first-order valence-corrected chi connectivity index (χ1v) is 6.69. The number of hydrogen-bond donors (Lipinski definition) is 0. The van der Waals surface area contributed by atoms with E-state index in [9.17, 15) is 0 Å². The molecule has 1 aromatic carbocycles. The SMILES string of the molecule is Brc1cccc2c1OCc1cn(C3COC3)nc1-2. The van der Waals surface area contributed by atoms with Gasteiger partial charge in [0.05, 0.1) is 23.7 Å². The highest BCUT2D eigenvalue weighted by Gasteiger charge is 2.27. The molecule has 2 aliphatic heterocycles. The molecule has 3 heterocycles. The van der Waals surface area contributed by atoms with Crippen molar-refractivity contribution in [2.24, 2.45) is 0 Å². The van der Waals surface area contributed by atoms with Crippen LogP contribution >= 0.6 is 15.9 Å². The van der Waals surface area contributed by atoms with Crippen LogP contribution in [0.2, 0.25) is 0 Å². The van der Waals surface area contributed by atoms with Gasteiger partial charge >= 0.3 is 0 Å². The Labute approximate surface area is 113 Å². The van der Waals surface area contributed by atoms with Gasteiger partial charge in [-0.1, -0.05) is 6.07 Å². The molecule has 0 atom stereocenters. The summed E-state index contributed by atoms with van der Waals surface area (Å²) in [6.45, 7) is 2.10. The standard InChI is InChI=1S/C13H11BrN2O2/c14-11-3-1-2-10-12-8(5-18-13(10)11)4-16(15-12)9-6-17-7-9/h1-4,9H,5-7H2. The molecule has 0 saturated carbocycles. The van der Waals surface area contributed by atoms with Crippen molar-refractivity contribution in [2.45, 2.75) is 12.6 Å². The van der Waals surface area contributed by atoms with Gasteiger partial charge in [0, 0.05) is 17.3 Å². The van der Waals surface area contributed by atoms with Crippen LogP contribution in [0.5, 0.6) is 5.75 Å². The zero-order valence-electron chi connectivity index (χ0n) is 9.60. The molecule has 4 rings (SSSR count). The lowest BCUT2D eigenvalue weighted by Crippen LogP contribution is -2.30. The quantitative estimate of drug-likeness (QED) is 0.813. The molecule has 4 nitrogen and oxygen atoms in total. The molecular formula is C13H11BrN2O2. The molecule has 18 heavy (non-hydrogen) atoms. The Morgan fingerprint density at radius 2 is 2.22 bits per heavy atom. The van der Waals surface area contributed by atoms with Gasteiger partial charge in [-0.05, 0) is 28.1 Å². The van der Waals surface area contributed by atoms with Crippen LogP contribution in [-0.2, 0) is 11.3 Å². The molecule has 2 aromatic rings. The second-order valence-corrected chi connectivity index (χ2v) is 5.43. The molecule has 1 fully saturated rings. The fourth-order valence-corrected chi connectivity index (χ4v) is 2.80. The molecule has 0 N–H and O–H groups in total. The van der Waals surface area contributed by atoms with Gasteiger partial charge in [-0.15, -0.1) is 0 Å². The van der Waals surface area contributed by atoms with Crippen molar-refractivity contribution in [1.29, 1.82) is 0 Å². The molecule has 0 aliphatic carbocycles. The van der Waals surface area contributed by atoms with E-state index in [2.05, 4.69) is 22.1 Å². The van der Waals surface area contributed by atoms with Gasteiger partial charge in [-0.3, -0.25) is 4.68 Å². The highest BCUT2D eigenvalue weighted by molar-refractivity contribution is 9.10. The van der Waals surface area contributed by atoms with Crippen molar-refractivity contribution < 1.29 is 9.47 Å². The third-order valence-corrected chi connectivity index (χ3v) is 4.02. The van der Waals surface area contributed by atoms with Crippen LogP contribution in [-0.4, -0.2) is 23.0 Å². The third kappa shape index (κ3) is 1.44. The second-order valence-electron chi connectivity index (χ2n) is 4.58. The molecule has 2 aliphatic rings. The molecule has 0 spiro atoms. The number of para-hydroxylation sites is 1. The molecule has 5 heteroatoms. The van der Waals surface area contributed by atoms with Gasteiger partial charge < -0.3 is 9.47 Å². The fraction of sp³-hybridized carbons (Fsp3) is 0.308. The Morgan fingerprint density at radius 3 is 3.00 bits per heavy atom. The van der Waals surface area contributed by atoms with E-state index in [1.54, 1.807) is 0 Å². The van der Waals surface area contributed by atoms with Crippen LogP contribution in [0.4, 0.5) is 0 Å². The Balaban J connectivity index is 1.85. The maximum absolute atomic E-state index is 5.79. The number of halogens is 1. The number of hydrogen-bond acceptors (Lipinski definition) is 3. The Bertz CT molecular complexity index is 619. The van der Waals surface area contributed by atoms with Crippen molar-refractivity contribution >= 4 is 15.9 Å². The van der Waals surface area contributed by atoms with Crippen LogP contribution in [0.25, 0.3) is 11.3 Å². The number of fused-ring (bicyclic) bond motifs is 3. The zero-order chi connectivity index (χ0) is 12.1. The molecule has 1 aromatic heterocycles. The number of ether oxygens (including phenoxy) is 2. The molecule has 0 radical (unpaired) electrons. The first kappa shape index (κ1) is 10.6. The fourth-order valence-electron chi connectivity index (χ4n) is 2.32. The number of rotatable bonds is 1. The third-order valence-electron chi connectivity index (χ3n) is 3.40. The molecule has 0 unspecified atom stereocenters. The highest BCUT2D eigenvalue weighted by atomic mass is 79.9. The Kier molecular flexibility index (Phi) is 2.25. The minimum absolute atomic E-state index is 0.381. The Morgan fingerprint density at radius 1 is 1.33 bits per heavy atom. The largest absolute Gasteiger partial charge is 0.487 e. The van der Waals surface area contributed by atoms with E-state index in [0.29, 0.717) is 12.6 Å². The van der Waals surface area contributed by atoms with Crippen LogP contribution in [0.3, 0.4) is 0 Å². The van der Waals surface area contributed by atoms with E-state index in [1.165, 1.54) is 0 Å². The van der Waals surface area contributed by atoms with Gasteiger partial charge in [0.1, 0.15) is 18.1 Å². The zero-order valence-corrected chi connectivity index (χ0v) is 11.2. The monoisotopic (exact) mass is 306 g/mol. The van der Waals surface area contributed by atoms with E-state index in [0.717, 1.165) is 40.3 Å². The lowest BCUT2D eigenvalue weighted by Gasteiger charge is -2.25. The van der Waals surface area contributed by atoms with Crippen LogP contribution in [0.15, 0.2) is 28.9 Å². The summed E-state index contributed by atoms with van der Waals surface area (Å²) in [7, 11) is 0. The first-order valence-electron chi connectivity index (χ1n) is 5.90. The minimum atomic E-state index is 0.381. The summed E-state index contributed by atoms with van der Waals surface area (Å²) in [6.07, 6.45) is 2.08. The number of aromatic nitrogens is 2. The van der Waals surface area contributed by atoms with E-state index in [4.69, 9.17) is 14.6 Å². The Hall–Kier alpha value is -1.33. The molecule has 92 valence electrons. The van der Waals surface area contributed by atoms with Gasteiger partial charge in [0.2, 0.25) is 0 Å². The van der Waals surface area contributed by atoms with E-state index >= 15 is 0 Å². The van der Waals surface area contributed by atoms with Crippen molar-refractivity contribution in [1.82, 2.24) is 9.78 Å². The molecule has 1 saturated heterocycles. The second kappa shape index (κ2) is 3.83. The first-order chi connectivity index (χ1) is 8.83. The maximum Gasteiger partial charge on any atom is 0.143 e. The van der Waals surface area contributed by atoms with E-state index in [1.807, 2.05) is 22.9 Å². The van der Waals surface area contributed by atoms with Crippen LogP contribution < -0.4 is 4.74 Å². The van der Waals surface area contributed by atoms with Crippen LogP contribution in [0, 0.1) is 0 Å². The van der Waals surface area contributed by atoms with Gasteiger partial charge in [0.25, 0.3) is 0 Å². The summed E-state index contributed by atoms with van der Waals surface area (Å²) in [6, 6.07) is 6.42. The van der Waals surface area contributed by atoms with E-state index < -0.39 is 0 Å². The number of nitrogens with zero attached hydrogens (tertiary/aromatic N) is 2. The van der Waals surface area contributed by atoms with E-state index in [-0.39, 0.29) is 0 Å². The van der Waals surface area contributed by atoms with Gasteiger partial charge in [-0.25, -0.2) is 0 Å². The summed E-state index contributed by atoms with van der Waals surface area (Å²) >= 11 is 3.51. The normalized spacial score (nSPS) is 17.6. The van der Waals surface area contributed by atoms with Crippen molar-refractivity contribution in [3.63, 3.8) is 0 Å². The predicted octanol–water partition coefficient (Wildman–Crippen LogP) is 2.78. The predicted molar refractivity (Wildman–Crippen MR) is 69.6 cm³/mol. The maximum atomic E-state index is 5.79. The summed E-state index contributed by atoms with van der Waals surface area (Å²) in [5.41, 5.74) is 3.24. The van der Waals surface area contributed by atoms with Crippen molar-refractivity contribution in [3.05, 3.63) is 34.4 Å². The molecule has 0 bridgehead atoms. The lowest BCUT2D eigenvalue weighted by atomic mass is 10.1. The van der Waals surface area contributed by atoms with Crippen LogP contribution in [0.1, 0.15) is 11.6 Å². The van der Waals surface area contributed by atoms with Crippen molar-refractivity contribution in [2.75, 3.05) is 13.2 Å². The number of benzene rings is 1. The van der Waals surface area contributed by atoms with Gasteiger partial charge in [0.15, 0.2) is 0 Å². The summed E-state index contributed by atoms with van der Waals surface area (Å²) in [5, 5.41) is 4.69. The average molecular weight is 307 g/mol. The molecule has 0 amide bonds. The topological polar surface area (TPSA) is 36.3 Å².